The van der Waals surface area contributed by atoms with Crippen molar-refractivity contribution in [2.45, 2.75) is 6.42 Å². The van der Waals surface area contributed by atoms with Gasteiger partial charge in [-0.25, -0.2) is 4.79 Å². The molecule has 0 amide bonds. The van der Waals surface area contributed by atoms with Crippen molar-refractivity contribution in [1.82, 2.24) is 14.7 Å². The van der Waals surface area contributed by atoms with Crippen LogP contribution in [0.4, 0.5) is 0 Å². The fourth-order valence-electron chi connectivity index (χ4n) is 2.03. The maximum absolute atomic E-state index is 11.0. The van der Waals surface area contributed by atoms with Crippen LogP contribution in [0.3, 0.4) is 0 Å². The third kappa shape index (κ3) is 2.90. The van der Waals surface area contributed by atoms with Gasteiger partial charge in [0, 0.05) is 33.1 Å². The van der Waals surface area contributed by atoms with Crippen LogP contribution >= 0.6 is 15.9 Å². The van der Waals surface area contributed by atoms with Gasteiger partial charge in [-0.05, 0) is 15.9 Å². The highest BCUT2D eigenvalue weighted by Gasteiger charge is 2.20. The molecule has 0 aliphatic carbocycles. The van der Waals surface area contributed by atoms with E-state index in [1.54, 1.807) is 7.05 Å². The fraction of sp³-hybridized carbons (Fsp3) is 0.636. The van der Waals surface area contributed by atoms with Gasteiger partial charge in [-0.3, -0.25) is 9.58 Å². The number of ether oxygens (including phenoxy) is 1. The number of nitrogens with zero attached hydrogens (tertiary/aromatic N) is 3. The molecule has 0 unspecified atom stereocenters. The third-order valence-corrected chi connectivity index (χ3v) is 3.86. The summed E-state index contributed by atoms with van der Waals surface area (Å²) in [5.41, 5.74) is 0.994. The molecule has 1 aliphatic heterocycles. The van der Waals surface area contributed by atoms with Crippen molar-refractivity contribution < 1.29 is 14.6 Å². The summed E-state index contributed by atoms with van der Waals surface area (Å²) < 4.78 is 7.27. The smallest absolute Gasteiger partial charge is 0.355 e. The molecule has 0 atom stereocenters. The van der Waals surface area contributed by atoms with E-state index in [9.17, 15) is 4.79 Å². The first-order valence-corrected chi connectivity index (χ1v) is 6.63. The van der Waals surface area contributed by atoms with Gasteiger partial charge in [0.1, 0.15) is 0 Å². The van der Waals surface area contributed by atoms with Gasteiger partial charge in [0.2, 0.25) is 0 Å². The Bertz CT molecular complexity index is 441. The van der Waals surface area contributed by atoms with Gasteiger partial charge < -0.3 is 9.84 Å². The largest absolute Gasteiger partial charge is 0.476 e. The van der Waals surface area contributed by atoms with E-state index < -0.39 is 5.97 Å². The van der Waals surface area contributed by atoms with Crippen LogP contribution in [-0.2, 0) is 18.2 Å². The van der Waals surface area contributed by atoms with Crippen LogP contribution in [0.25, 0.3) is 0 Å². The lowest BCUT2D eigenvalue weighted by atomic mass is 10.2. The minimum atomic E-state index is -0.963. The van der Waals surface area contributed by atoms with Gasteiger partial charge in [0.15, 0.2) is 5.69 Å². The second-order valence-electron chi connectivity index (χ2n) is 4.24. The lowest BCUT2D eigenvalue weighted by Crippen LogP contribution is -2.37. The molecule has 0 saturated carbocycles. The van der Waals surface area contributed by atoms with Gasteiger partial charge in [-0.2, -0.15) is 5.10 Å². The molecular weight excluding hydrogens is 302 g/mol. The zero-order chi connectivity index (χ0) is 13.1. The average Bonchev–Trinajstić information content (AvgIpc) is 2.63. The number of rotatable bonds is 4. The highest BCUT2D eigenvalue weighted by molar-refractivity contribution is 9.10. The van der Waals surface area contributed by atoms with E-state index in [1.807, 2.05) is 0 Å². The third-order valence-electron chi connectivity index (χ3n) is 3.03. The van der Waals surface area contributed by atoms with E-state index in [-0.39, 0.29) is 5.69 Å². The number of carboxylic acid groups (broad SMARTS) is 1. The Morgan fingerprint density at radius 2 is 2.17 bits per heavy atom. The molecule has 0 bridgehead atoms. The number of carbonyl (C=O) groups is 1. The van der Waals surface area contributed by atoms with Crippen molar-refractivity contribution in [2.24, 2.45) is 7.05 Å². The van der Waals surface area contributed by atoms with E-state index in [2.05, 4.69) is 25.9 Å². The molecular formula is C11H16BrN3O3. The Morgan fingerprint density at radius 1 is 1.50 bits per heavy atom. The quantitative estimate of drug-likeness (QED) is 0.888. The molecule has 1 aliphatic rings. The minimum absolute atomic E-state index is 0.201. The topological polar surface area (TPSA) is 67.6 Å². The Balaban J connectivity index is 2.01. The number of hydrogen-bond donors (Lipinski definition) is 1. The van der Waals surface area contributed by atoms with Crippen LogP contribution in [0.1, 0.15) is 16.2 Å². The summed E-state index contributed by atoms with van der Waals surface area (Å²) in [5, 5.41) is 13.3. The van der Waals surface area contributed by atoms with E-state index >= 15 is 0 Å². The number of halogens is 1. The first-order valence-electron chi connectivity index (χ1n) is 5.84. The van der Waals surface area contributed by atoms with Gasteiger partial charge in [0.25, 0.3) is 0 Å². The second-order valence-corrected chi connectivity index (χ2v) is 5.04. The van der Waals surface area contributed by atoms with E-state index in [0.29, 0.717) is 4.47 Å². The maximum atomic E-state index is 11.0. The van der Waals surface area contributed by atoms with Crippen LogP contribution in [0.5, 0.6) is 0 Å². The zero-order valence-electron chi connectivity index (χ0n) is 10.2. The molecule has 2 heterocycles. The normalized spacial score (nSPS) is 17.0. The average molecular weight is 318 g/mol. The monoisotopic (exact) mass is 317 g/mol. The molecule has 1 fully saturated rings. The standard InChI is InChI=1S/C11H16BrN3O3/c1-14-10(11(16)17)9(12)8(13-14)2-3-15-4-6-18-7-5-15/h2-7H2,1H3,(H,16,17). The van der Waals surface area contributed by atoms with Crippen LogP contribution in [0.15, 0.2) is 4.47 Å². The highest BCUT2D eigenvalue weighted by atomic mass is 79.9. The summed E-state index contributed by atoms with van der Waals surface area (Å²) in [6.07, 6.45) is 0.738. The molecule has 100 valence electrons. The summed E-state index contributed by atoms with van der Waals surface area (Å²) in [4.78, 5) is 13.3. The van der Waals surface area contributed by atoms with E-state index in [1.165, 1.54) is 4.68 Å². The number of aryl methyl sites for hydroxylation is 1. The SMILES string of the molecule is Cn1nc(CCN2CCOCC2)c(Br)c1C(=O)O. The van der Waals surface area contributed by atoms with Gasteiger partial charge in [-0.15, -0.1) is 0 Å². The number of morpholine rings is 1. The van der Waals surface area contributed by atoms with Crippen LogP contribution < -0.4 is 0 Å². The lowest BCUT2D eigenvalue weighted by molar-refractivity contribution is 0.0383. The zero-order valence-corrected chi connectivity index (χ0v) is 11.8. The van der Waals surface area contributed by atoms with Crippen molar-refractivity contribution in [2.75, 3.05) is 32.8 Å². The summed E-state index contributed by atoms with van der Waals surface area (Å²) in [6.45, 7) is 4.26. The number of aromatic nitrogens is 2. The Kier molecular flexibility index (Phi) is 4.36. The molecule has 18 heavy (non-hydrogen) atoms. The Hall–Kier alpha value is -0.920. The molecule has 0 aromatic carbocycles. The van der Waals surface area contributed by atoms with Crippen molar-refractivity contribution >= 4 is 21.9 Å². The molecule has 6 nitrogen and oxygen atoms in total. The van der Waals surface area contributed by atoms with Crippen LogP contribution in [-0.4, -0.2) is 58.6 Å². The first kappa shape index (κ1) is 13.5. The molecule has 1 aromatic heterocycles. The van der Waals surface area contributed by atoms with Crippen molar-refractivity contribution in [3.05, 3.63) is 15.9 Å². The molecule has 1 aromatic rings. The number of hydrogen-bond acceptors (Lipinski definition) is 4. The number of carboxylic acids is 1. The maximum Gasteiger partial charge on any atom is 0.355 e. The van der Waals surface area contributed by atoms with Gasteiger partial charge in [-0.1, -0.05) is 0 Å². The Labute approximate surface area is 114 Å². The molecule has 0 spiro atoms. The molecule has 1 saturated heterocycles. The van der Waals surface area contributed by atoms with E-state index in [4.69, 9.17) is 9.84 Å². The summed E-state index contributed by atoms with van der Waals surface area (Å²) in [6, 6.07) is 0. The van der Waals surface area contributed by atoms with Crippen LogP contribution in [0.2, 0.25) is 0 Å². The van der Waals surface area contributed by atoms with Crippen molar-refractivity contribution in [1.29, 1.82) is 0 Å². The fourth-order valence-corrected chi connectivity index (χ4v) is 2.74. The summed E-state index contributed by atoms with van der Waals surface area (Å²) >= 11 is 3.32. The predicted octanol–water partition coefficient (Wildman–Crippen LogP) is 0.755. The first-order chi connectivity index (χ1) is 8.59. The minimum Gasteiger partial charge on any atom is -0.476 e. The molecule has 0 radical (unpaired) electrons. The molecule has 1 N–H and O–H groups in total. The highest BCUT2D eigenvalue weighted by Crippen LogP contribution is 2.21. The predicted molar refractivity (Wildman–Crippen MR) is 68.8 cm³/mol. The van der Waals surface area contributed by atoms with E-state index in [0.717, 1.165) is 45.0 Å². The van der Waals surface area contributed by atoms with Crippen LogP contribution in [0, 0.1) is 0 Å². The van der Waals surface area contributed by atoms with Gasteiger partial charge in [0.05, 0.1) is 23.4 Å². The summed E-state index contributed by atoms with van der Waals surface area (Å²) in [7, 11) is 1.65. The van der Waals surface area contributed by atoms with Crippen molar-refractivity contribution in [3.8, 4) is 0 Å². The second kappa shape index (κ2) is 5.81. The number of aromatic carboxylic acids is 1. The Morgan fingerprint density at radius 3 is 2.72 bits per heavy atom. The van der Waals surface area contributed by atoms with Crippen molar-refractivity contribution in [3.63, 3.8) is 0 Å². The molecule has 7 heteroatoms. The summed E-state index contributed by atoms with van der Waals surface area (Å²) in [5.74, 6) is -0.963. The lowest BCUT2D eigenvalue weighted by Gasteiger charge is -2.26. The molecule has 2 rings (SSSR count). The van der Waals surface area contributed by atoms with Gasteiger partial charge >= 0.3 is 5.97 Å².